The Hall–Kier alpha value is -2.54. The predicted octanol–water partition coefficient (Wildman–Crippen LogP) is 4.34. The van der Waals surface area contributed by atoms with Crippen molar-refractivity contribution in [3.05, 3.63) is 58.1 Å². The van der Waals surface area contributed by atoms with Crippen LogP contribution in [0.1, 0.15) is 38.3 Å². The second-order valence-electron chi connectivity index (χ2n) is 7.68. The number of hydrogen-bond donors (Lipinski definition) is 1. The minimum Gasteiger partial charge on any atom is -0.493 e. The second kappa shape index (κ2) is 11.7. The minimum atomic E-state index is -0.584. The van der Waals surface area contributed by atoms with Gasteiger partial charge in [0.1, 0.15) is 6.04 Å². The SMILES string of the molecule is COc1ccc(CCC(=O)N(Cc2cccc(Br)c2)[C@H](C)C(=O)NC(C)C)cc1OC. The molecule has 0 saturated heterocycles. The molecule has 0 aliphatic heterocycles. The quantitative estimate of drug-likeness (QED) is 0.537. The lowest BCUT2D eigenvalue weighted by atomic mass is 10.1. The second-order valence-corrected chi connectivity index (χ2v) is 8.60. The van der Waals surface area contributed by atoms with E-state index in [-0.39, 0.29) is 24.3 Å². The van der Waals surface area contributed by atoms with Crippen molar-refractivity contribution in [1.82, 2.24) is 10.2 Å². The zero-order valence-corrected chi connectivity index (χ0v) is 20.4. The first-order valence-electron chi connectivity index (χ1n) is 10.3. The number of carbonyl (C=O) groups is 2. The zero-order valence-electron chi connectivity index (χ0n) is 18.8. The molecular weight excluding hydrogens is 460 g/mol. The van der Waals surface area contributed by atoms with Crippen molar-refractivity contribution < 1.29 is 19.1 Å². The first-order valence-corrected chi connectivity index (χ1v) is 11.1. The van der Waals surface area contributed by atoms with Gasteiger partial charge < -0.3 is 19.7 Å². The van der Waals surface area contributed by atoms with E-state index < -0.39 is 6.04 Å². The number of halogens is 1. The molecule has 2 aromatic rings. The third-order valence-corrected chi connectivity index (χ3v) is 5.41. The number of ether oxygens (including phenoxy) is 2. The predicted molar refractivity (Wildman–Crippen MR) is 125 cm³/mol. The Bertz CT molecular complexity index is 901. The number of amides is 2. The zero-order chi connectivity index (χ0) is 23.0. The fourth-order valence-electron chi connectivity index (χ4n) is 3.25. The van der Waals surface area contributed by atoms with Crippen molar-refractivity contribution in [2.45, 2.75) is 52.2 Å². The monoisotopic (exact) mass is 490 g/mol. The summed E-state index contributed by atoms with van der Waals surface area (Å²) in [7, 11) is 3.17. The normalized spacial score (nSPS) is 11.7. The van der Waals surface area contributed by atoms with E-state index in [1.54, 1.807) is 26.0 Å². The fourth-order valence-corrected chi connectivity index (χ4v) is 3.70. The molecule has 0 radical (unpaired) electrons. The van der Waals surface area contributed by atoms with Crippen molar-refractivity contribution in [3.63, 3.8) is 0 Å². The van der Waals surface area contributed by atoms with Crippen LogP contribution in [0.4, 0.5) is 0 Å². The van der Waals surface area contributed by atoms with E-state index in [0.29, 0.717) is 24.5 Å². The lowest BCUT2D eigenvalue weighted by Crippen LogP contribution is -2.49. The van der Waals surface area contributed by atoms with Gasteiger partial charge in [-0.05, 0) is 62.6 Å². The van der Waals surface area contributed by atoms with Crippen LogP contribution >= 0.6 is 15.9 Å². The molecule has 0 saturated carbocycles. The summed E-state index contributed by atoms with van der Waals surface area (Å²) in [6.45, 7) is 5.94. The summed E-state index contributed by atoms with van der Waals surface area (Å²) in [5.41, 5.74) is 1.92. The van der Waals surface area contributed by atoms with Crippen LogP contribution in [0.3, 0.4) is 0 Å². The van der Waals surface area contributed by atoms with Gasteiger partial charge in [0.2, 0.25) is 11.8 Å². The van der Waals surface area contributed by atoms with Gasteiger partial charge in [-0.1, -0.05) is 34.1 Å². The average molecular weight is 491 g/mol. The molecular formula is C24H31BrN2O4. The summed E-state index contributed by atoms with van der Waals surface area (Å²) in [5.74, 6) is 1.03. The van der Waals surface area contributed by atoms with E-state index in [1.807, 2.05) is 56.3 Å². The van der Waals surface area contributed by atoms with E-state index in [1.165, 1.54) is 0 Å². The van der Waals surface area contributed by atoms with Crippen LogP contribution in [-0.4, -0.2) is 43.0 Å². The Morgan fingerprint density at radius 1 is 1.00 bits per heavy atom. The van der Waals surface area contributed by atoms with Gasteiger partial charge in [0.25, 0.3) is 0 Å². The molecule has 1 atom stereocenters. The van der Waals surface area contributed by atoms with E-state index in [9.17, 15) is 9.59 Å². The van der Waals surface area contributed by atoms with Gasteiger partial charge in [0.05, 0.1) is 14.2 Å². The molecule has 0 fully saturated rings. The highest BCUT2D eigenvalue weighted by molar-refractivity contribution is 9.10. The van der Waals surface area contributed by atoms with Crippen molar-refractivity contribution in [2.24, 2.45) is 0 Å². The standard InChI is InChI=1S/C24H31BrN2O4/c1-16(2)26-24(29)17(3)27(15-19-7-6-8-20(25)13-19)23(28)12-10-18-9-11-21(30-4)22(14-18)31-5/h6-9,11,13-14,16-17H,10,12,15H2,1-5H3,(H,26,29)/t17-/m1/s1. The fraction of sp³-hybridized carbons (Fsp3) is 0.417. The first-order chi connectivity index (χ1) is 14.7. The Balaban J connectivity index is 2.17. The molecule has 0 heterocycles. The topological polar surface area (TPSA) is 67.9 Å². The van der Waals surface area contributed by atoms with E-state index >= 15 is 0 Å². The lowest BCUT2D eigenvalue weighted by molar-refractivity contribution is -0.140. The van der Waals surface area contributed by atoms with Gasteiger partial charge in [0.15, 0.2) is 11.5 Å². The van der Waals surface area contributed by atoms with Gasteiger partial charge >= 0.3 is 0 Å². The number of carbonyl (C=O) groups excluding carboxylic acids is 2. The Morgan fingerprint density at radius 3 is 2.32 bits per heavy atom. The maximum absolute atomic E-state index is 13.2. The number of methoxy groups -OCH3 is 2. The van der Waals surface area contributed by atoms with E-state index in [2.05, 4.69) is 21.2 Å². The summed E-state index contributed by atoms with van der Waals surface area (Å²) in [6, 6.07) is 12.8. The summed E-state index contributed by atoms with van der Waals surface area (Å²) >= 11 is 3.47. The highest BCUT2D eigenvalue weighted by atomic mass is 79.9. The molecule has 2 amide bonds. The summed E-state index contributed by atoms with van der Waals surface area (Å²) in [4.78, 5) is 27.5. The number of benzene rings is 2. The molecule has 6 nitrogen and oxygen atoms in total. The van der Waals surface area contributed by atoms with Crippen LogP contribution < -0.4 is 14.8 Å². The van der Waals surface area contributed by atoms with Crippen molar-refractivity contribution >= 4 is 27.7 Å². The molecule has 0 spiro atoms. The average Bonchev–Trinajstić information content (AvgIpc) is 2.74. The molecule has 7 heteroatoms. The molecule has 0 unspecified atom stereocenters. The summed E-state index contributed by atoms with van der Waals surface area (Å²) in [6.07, 6.45) is 0.815. The number of aryl methyl sites for hydroxylation is 1. The van der Waals surface area contributed by atoms with Crippen molar-refractivity contribution in [2.75, 3.05) is 14.2 Å². The largest absolute Gasteiger partial charge is 0.493 e. The minimum absolute atomic E-state index is 0.00420. The van der Waals surface area contributed by atoms with Crippen LogP contribution in [0, 0.1) is 0 Å². The molecule has 168 valence electrons. The maximum atomic E-state index is 13.2. The van der Waals surface area contributed by atoms with Crippen LogP contribution in [-0.2, 0) is 22.6 Å². The maximum Gasteiger partial charge on any atom is 0.242 e. The lowest BCUT2D eigenvalue weighted by Gasteiger charge is -2.29. The van der Waals surface area contributed by atoms with Crippen LogP contribution in [0.25, 0.3) is 0 Å². The highest BCUT2D eigenvalue weighted by Gasteiger charge is 2.26. The number of rotatable bonds is 10. The van der Waals surface area contributed by atoms with Crippen LogP contribution in [0.2, 0.25) is 0 Å². The third kappa shape index (κ3) is 7.28. The van der Waals surface area contributed by atoms with E-state index in [4.69, 9.17) is 9.47 Å². The molecule has 2 rings (SSSR count). The molecule has 2 aromatic carbocycles. The summed E-state index contributed by atoms with van der Waals surface area (Å²) in [5, 5.41) is 2.90. The van der Waals surface area contributed by atoms with Gasteiger partial charge in [0, 0.05) is 23.5 Å². The van der Waals surface area contributed by atoms with Gasteiger partial charge in [-0.2, -0.15) is 0 Å². The van der Waals surface area contributed by atoms with Crippen LogP contribution in [0.15, 0.2) is 46.9 Å². The molecule has 31 heavy (non-hydrogen) atoms. The summed E-state index contributed by atoms with van der Waals surface area (Å²) < 4.78 is 11.6. The van der Waals surface area contributed by atoms with Crippen LogP contribution in [0.5, 0.6) is 11.5 Å². The third-order valence-electron chi connectivity index (χ3n) is 4.92. The number of nitrogens with zero attached hydrogens (tertiary/aromatic N) is 1. The molecule has 0 aliphatic rings. The van der Waals surface area contributed by atoms with Gasteiger partial charge in [-0.25, -0.2) is 0 Å². The van der Waals surface area contributed by atoms with Gasteiger partial charge in [-0.3, -0.25) is 9.59 Å². The Morgan fingerprint density at radius 2 is 1.71 bits per heavy atom. The highest BCUT2D eigenvalue weighted by Crippen LogP contribution is 2.28. The smallest absolute Gasteiger partial charge is 0.242 e. The number of hydrogen-bond acceptors (Lipinski definition) is 4. The molecule has 0 aliphatic carbocycles. The molecule has 0 aromatic heterocycles. The Kier molecular flexibility index (Phi) is 9.37. The first kappa shape index (κ1) is 24.7. The van der Waals surface area contributed by atoms with Crippen molar-refractivity contribution in [3.8, 4) is 11.5 Å². The van der Waals surface area contributed by atoms with Gasteiger partial charge in [-0.15, -0.1) is 0 Å². The van der Waals surface area contributed by atoms with E-state index in [0.717, 1.165) is 15.6 Å². The Labute approximate surface area is 193 Å². The number of nitrogens with one attached hydrogen (secondary N) is 1. The van der Waals surface area contributed by atoms with Crippen molar-refractivity contribution in [1.29, 1.82) is 0 Å². The molecule has 1 N–H and O–H groups in total. The molecule has 0 bridgehead atoms.